The number of imide groups is 1. The van der Waals surface area contributed by atoms with E-state index in [4.69, 9.17) is 0 Å². The third-order valence-corrected chi connectivity index (χ3v) is 5.89. The van der Waals surface area contributed by atoms with Gasteiger partial charge < -0.3 is 9.88 Å². The van der Waals surface area contributed by atoms with Gasteiger partial charge in [0.15, 0.2) is 0 Å². The van der Waals surface area contributed by atoms with Gasteiger partial charge in [0.1, 0.15) is 0 Å². The van der Waals surface area contributed by atoms with E-state index in [1.807, 2.05) is 17.0 Å². The molecule has 5 rings (SSSR count). The molecule has 0 aliphatic carbocycles. The molecule has 2 aliphatic heterocycles. The fraction of sp³-hybridized carbons (Fsp3) is 0.261. The number of aromatic nitrogens is 1. The number of para-hydroxylation sites is 1. The second-order valence-corrected chi connectivity index (χ2v) is 7.60. The zero-order chi connectivity index (χ0) is 20.0. The summed E-state index contributed by atoms with van der Waals surface area (Å²) in [5.41, 5.74) is 4.41. The standard InChI is InChI=1S/C23H21N3O3/c27-21(10-5-12-26-22(28)16-7-1-2-8-17(16)23(26)29)25-13-11-20-18(14-25)15-6-3-4-9-19(15)24-20/h1-4,6-9,24H,5,10-14H2. The summed E-state index contributed by atoms with van der Waals surface area (Å²) >= 11 is 0. The van der Waals surface area contributed by atoms with Gasteiger partial charge in [-0.25, -0.2) is 0 Å². The van der Waals surface area contributed by atoms with Crippen LogP contribution in [0, 0.1) is 0 Å². The lowest BCUT2D eigenvalue weighted by atomic mass is 10.0. The van der Waals surface area contributed by atoms with E-state index in [0.717, 1.165) is 11.9 Å². The molecule has 3 aromatic rings. The number of aromatic amines is 1. The van der Waals surface area contributed by atoms with E-state index in [1.54, 1.807) is 24.3 Å². The Kier molecular flexibility index (Phi) is 4.19. The zero-order valence-corrected chi connectivity index (χ0v) is 16.0. The summed E-state index contributed by atoms with van der Waals surface area (Å²) in [5, 5.41) is 1.17. The Hall–Kier alpha value is -3.41. The van der Waals surface area contributed by atoms with E-state index in [1.165, 1.54) is 21.5 Å². The summed E-state index contributed by atoms with van der Waals surface area (Å²) in [6.07, 6.45) is 1.61. The summed E-state index contributed by atoms with van der Waals surface area (Å²) in [5.74, 6) is -0.462. The molecule has 6 heteroatoms. The molecule has 2 aromatic carbocycles. The Morgan fingerprint density at radius 3 is 2.41 bits per heavy atom. The number of carbonyl (C=O) groups excluding carboxylic acids is 3. The molecular formula is C23H21N3O3. The van der Waals surface area contributed by atoms with Crippen LogP contribution in [0.1, 0.15) is 44.8 Å². The van der Waals surface area contributed by atoms with Crippen LogP contribution in [0.3, 0.4) is 0 Å². The van der Waals surface area contributed by atoms with Crippen LogP contribution >= 0.6 is 0 Å². The monoisotopic (exact) mass is 387 g/mol. The fourth-order valence-electron chi connectivity index (χ4n) is 4.37. The second-order valence-electron chi connectivity index (χ2n) is 7.60. The number of hydrogen-bond acceptors (Lipinski definition) is 3. The lowest BCUT2D eigenvalue weighted by molar-refractivity contribution is -0.132. The summed E-state index contributed by atoms with van der Waals surface area (Å²) in [7, 11) is 0. The molecule has 0 fully saturated rings. The Bertz CT molecular complexity index is 1110. The number of rotatable bonds is 4. The second kappa shape index (κ2) is 6.88. The molecule has 0 saturated heterocycles. The maximum Gasteiger partial charge on any atom is 0.261 e. The van der Waals surface area contributed by atoms with E-state index in [9.17, 15) is 14.4 Å². The predicted octanol–water partition coefficient (Wildman–Crippen LogP) is 3.13. The van der Waals surface area contributed by atoms with Crippen LogP contribution in [0.15, 0.2) is 48.5 Å². The maximum absolute atomic E-state index is 12.7. The van der Waals surface area contributed by atoms with Crippen molar-refractivity contribution in [3.63, 3.8) is 0 Å². The van der Waals surface area contributed by atoms with Gasteiger partial charge >= 0.3 is 0 Å². The topological polar surface area (TPSA) is 73.5 Å². The number of nitrogens with one attached hydrogen (secondary N) is 1. The van der Waals surface area contributed by atoms with E-state index in [0.29, 0.717) is 37.1 Å². The van der Waals surface area contributed by atoms with Crippen LogP contribution in [0.2, 0.25) is 0 Å². The first-order chi connectivity index (χ1) is 14.1. The van der Waals surface area contributed by atoms with Crippen LogP contribution in [-0.4, -0.2) is 45.6 Å². The molecule has 0 unspecified atom stereocenters. The van der Waals surface area contributed by atoms with Gasteiger partial charge in [0, 0.05) is 54.6 Å². The Labute approximate surface area is 168 Å². The van der Waals surface area contributed by atoms with E-state index in [-0.39, 0.29) is 24.3 Å². The SMILES string of the molecule is O=C(CCCN1C(=O)c2ccccc2C1=O)N1CCc2[nH]c3ccccc3c2C1. The lowest BCUT2D eigenvalue weighted by Crippen LogP contribution is -2.36. The third-order valence-electron chi connectivity index (χ3n) is 5.89. The van der Waals surface area contributed by atoms with E-state index >= 15 is 0 Å². The molecule has 1 N–H and O–H groups in total. The minimum Gasteiger partial charge on any atom is -0.358 e. The van der Waals surface area contributed by atoms with Crippen molar-refractivity contribution in [1.29, 1.82) is 0 Å². The molecule has 2 aliphatic rings. The van der Waals surface area contributed by atoms with Crippen molar-refractivity contribution in [3.8, 4) is 0 Å². The van der Waals surface area contributed by atoms with Crippen molar-refractivity contribution in [2.24, 2.45) is 0 Å². The highest BCUT2D eigenvalue weighted by molar-refractivity contribution is 6.21. The quantitative estimate of drug-likeness (QED) is 0.699. The molecule has 1 aromatic heterocycles. The summed E-state index contributed by atoms with van der Waals surface area (Å²) in [6.45, 7) is 1.56. The van der Waals surface area contributed by atoms with Crippen LogP contribution in [0.5, 0.6) is 0 Å². The number of benzene rings is 2. The number of nitrogens with zero attached hydrogens (tertiary/aromatic N) is 2. The van der Waals surface area contributed by atoms with Gasteiger partial charge in [-0.1, -0.05) is 30.3 Å². The molecule has 0 atom stereocenters. The van der Waals surface area contributed by atoms with Crippen LogP contribution in [0.4, 0.5) is 0 Å². The zero-order valence-electron chi connectivity index (χ0n) is 16.0. The first kappa shape index (κ1) is 17.7. The van der Waals surface area contributed by atoms with Crippen molar-refractivity contribution < 1.29 is 14.4 Å². The minimum absolute atomic E-state index is 0.0672. The Balaban J connectivity index is 1.21. The fourth-order valence-corrected chi connectivity index (χ4v) is 4.37. The largest absolute Gasteiger partial charge is 0.358 e. The molecule has 0 spiro atoms. The van der Waals surface area contributed by atoms with Gasteiger partial charge in [0.2, 0.25) is 5.91 Å². The number of H-pyrrole nitrogens is 1. The van der Waals surface area contributed by atoms with Crippen molar-refractivity contribution in [2.45, 2.75) is 25.8 Å². The van der Waals surface area contributed by atoms with Crippen LogP contribution < -0.4 is 0 Å². The van der Waals surface area contributed by atoms with Crippen molar-refractivity contribution in [2.75, 3.05) is 13.1 Å². The summed E-state index contributed by atoms with van der Waals surface area (Å²) in [4.78, 5) is 44.2. The molecular weight excluding hydrogens is 366 g/mol. The number of carbonyl (C=O) groups is 3. The van der Waals surface area contributed by atoms with E-state index in [2.05, 4.69) is 17.1 Å². The van der Waals surface area contributed by atoms with E-state index < -0.39 is 0 Å². The van der Waals surface area contributed by atoms with Gasteiger partial charge in [-0.2, -0.15) is 0 Å². The van der Waals surface area contributed by atoms with Crippen molar-refractivity contribution in [3.05, 3.63) is 70.9 Å². The Morgan fingerprint density at radius 1 is 0.966 bits per heavy atom. The number of hydrogen-bond donors (Lipinski definition) is 1. The molecule has 6 nitrogen and oxygen atoms in total. The summed E-state index contributed by atoms with van der Waals surface area (Å²) in [6, 6.07) is 15.0. The maximum atomic E-state index is 12.7. The first-order valence-electron chi connectivity index (χ1n) is 9.95. The average molecular weight is 387 g/mol. The number of amides is 3. The summed E-state index contributed by atoms with van der Waals surface area (Å²) < 4.78 is 0. The van der Waals surface area contributed by atoms with Gasteiger partial charge in [-0.15, -0.1) is 0 Å². The Morgan fingerprint density at radius 2 is 1.66 bits per heavy atom. The van der Waals surface area contributed by atoms with Crippen LogP contribution in [0.25, 0.3) is 10.9 Å². The lowest BCUT2D eigenvalue weighted by Gasteiger charge is -2.27. The predicted molar refractivity (Wildman–Crippen MR) is 108 cm³/mol. The van der Waals surface area contributed by atoms with Gasteiger partial charge in [-0.05, 0) is 24.6 Å². The highest BCUT2D eigenvalue weighted by atomic mass is 16.2. The third kappa shape index (κ3) is 2.92. The first-order valence-corrected chi connectivity index (χ1v) is 9.95. The number of fused-ring (bicyclic) bond motifs is 4. The van der Waals surface area contributed by atoms with Gasteiger partial charge in [0.05, 0.1) is 11.1 Å². The highest BCUT2D eigenvalue weighted by Gasteiger charge is 2.34. The van der Waals surface area contributed by atoms with Crippen molar-refractivity contribution in [1.82, 2.24) is 14.8 Å². The van der Waals surface area contributed by atoms with Crippen LogP contribution in [-0.2, 0) is 17.8 Å². The molecule has 3 amide bonds. The van der Waals surface area contributed by atoms with Gasteiger partial charge in [-0.3, -0.25) is 19.3 Å². The molecule has 0 radical (unpaired) electrons. The minimum atomic E-state index is -0.264. The molecule has 146 valence electrons. The smallest absolute Gasteiger partial charge is 0.261 e. The van der Waals surface area contributed by atoms with Crippen molar-refractivity contribution >= 4 is 28.6 Å². The molecule has 0 saturated carbocycles. The highest BCUT2D eigenvalue weighted by Crippen LogP contribution is 2.28. The molecule has 0 bridgehead atoms. The molecule has 29 heavy (non-hydrogen) atoms. The van der Waals surface area contributed by atoms with Gasteiger partial charge in [0.25, 0.3) is 11.8 Å². The normalized spacial score (nSPS) is 15.7. The average Bonchev–Trinajstić information content (AvgIpc) is 3.24. The molecule has 3 heterocycles.